The van der Waals surface area contributed by atoms with Crippen LogP contribution in [-0.2, 0) is 9.47 Å². The summed E-state index contributed by atoms with van der Waals surface area (Å²) in [6, 6.07) is 8.98. The Bertz CT molecular complexity index is 449. The molecule has 116 valence electrons. The van der Waals surface area contributed by atoms with Gasteiger partial charge in [-0.25, -0.2) is 4.79 Å². The molecule has 1 saturated heterocycles. The molecule has 1 heterocycles. The van der Waals surface area contributed by atoms with Gasteiger partial charge in [0.25, 0.3) is 0 Å². The Labute approximate surface area is 129 Å². The fraction of sp³-hybridized carbons (Fsp3) is 0.562. The van der Waals surface area contributed by atoms with Crippen LogP contribution in [0.5, 0.6) is 0 Å². The van der Waals surface area contributed by atoms with Crippen LogP contribution in [0, 0.1) is 11.8 Å². The van der Waals surface area contributed by atoms with E-state index in [2.05, 4.69) is 0 Å². The average Bonchev–Trinajstić information content (AvgIpc) is 2.52. The van der Waals surface area contributed by atoms with Crippen molar-refractivity contribution in [1.82, 2.24) is 0 Å². The summed E-state index contributed by atoms with van der Waals surface area (Å²) < 4.78 is 11.6. The van der Waals surface area contributed by atoms with Crippen LogP contribution in [0.3, 0.4) is 0 Å². The maximum Gasteiger partial charge on any atom is 0.338 e. The molecular formula is C16H22O4S. The minimum absolute atomic E-state index is 0.0407. The average molecular weight is 310 g/mol. The summed E-state index contributed by atoms with van der Waals surface area (Å²) in [5, 5.41) is 9.46. The molecular weight excluding hydrogens is 288 g/mol. The van der Waals surface area contributed by atoms with Gasteiger partial charge in [0.15, 0.2) is 0 Å². The highest BCUT2D eigenvalue weighted by Crippen LogP contribution is 2.36. The number of aliphatic hydroxyl groups is 1. The van der Waals surface area contributed by atoms with E-state index in [1.807, 2.05) is 38.3 Å². The minimum atomic E-state index is -0.322. The van der Waals surface area contributed by atoms with Crippen LogP contribution in [0.15, 0.2) is 30.3 Å². The summed E-state index contributed by atoms with van der Waals surface area (Å²) in [6.07, 6.45) is 1.40. The molecule has 1 N–H and O–H groups in total. The number of hydrogen-bond acceptors (Lipinski definition) is 5. The highest BCUT2D eigenvalue weighted by atomic mass is 32.2. The highest BCUT2D eigenvalue weighted by molar-refractivity contribution is 7.99. The molecule has 5 atom stereocenters. The predicted octanol–water partition coefficient (Wildman–Crippen LogP) is 2.56. The lowest BCUT2D eigenvalue weighted by Crippen LogP contribution is -2.50. The number of hydrogen-bond donors (Lipinski definition) is 1. The van der Waals surface area contributed by atoms with Crippen LogP contribution in [0.4, 0.5) is 0 Å². The number of benzene rings is 1. The van der Waals surface area contributed by atoms with Crippen LogP contribution in [0.2, 0.25) is 0 Å². The van der Waals surface area contributed by atoms with Crippen molar-refractivity contribution in [2.75, 3.05) is 12.9 Å². The lowest BCUT2D eigenvalue weighted by Gasteiger charge is -2.43. The molecule has 2 rings (SSSR count). The standard InChI is InChI=1S/C16H22O4S/c1-10-13(9-17)19-16(21-3)11(2)14(10)20-15(18)12-7-5-4-6-8-12/h4-8,10-11,13-14,16-17H,9H2,1-3H3/t10-,11?,13?,14+,16+/m1/s1. The van der Waals surface area contributed by atoms with Gasteiger partial charge in [-0.05, 0) is 18.4 Å². The van der Waals surface area contributed by atoms with Crippen LogP contribution in [-0.4, -0.2) is 41.6 Å². The minimum Gasteiger partial charge on any atom is -0.458 e. The summed E-state index contributed by atoms with van der Waals surface area (Å²) in [7, 11) is 0. The number of carbonyl (C=O) groups is 1. The summed E-state index contributed by atoms with van der Waals surface area (Å²) in [5.74, 6) is -0.288. The number of rotatable bonds is 4. The molecule has 1 fully saturated rings. The van der Waals surface area contributed by atoms with Gasteiger partial charge in [0.05, 0.1) is 18.3 Å². The third-order valence-corrected chi connectivity index (χ3v) is 5.03. The summed E-state index contributed by atoms with van der Waals surface area (Å²) >= 11 is 1.58. The van der Waals surface area contributed by atoms with Crippen LogP contribution in [0.1, 0.15) is 24.2 Å². The molecule has 0 aromatic heterocycles. The van der Waals surface area contributed by atoms with Gasteiger partial charge in [0.1, 0.15) is 11.5 Å². The third-order valence-electron chi connectivity index (χ3n) is 4.03. The SMILES string of the molecule is CS[C@@H]1OC(CO)[C@@H](C)[C@H](OC(=O)c2ccccc2)C1C. The third kappa shape index (κ3) is 3.59. The number of carbonyl (C=O) groups excluding carboxylic acids is 1. The topological polar surface area (TPSA) is 55.8 Å². The van der Waals surface area contributed by atoms with Gasteiger partial charge < -0.3 is 14.6 Å². The molecule has 1 aromatic rings. The first-order valence-electron chi connectivity index (χ1n) is 7.13. The van der Waals surface area contributed by atoms with Crippen LogP contribution >= 0.6 is 11.8 Å². The molecule has 1 aliphatic heterocycles. The molecule has 0 radical (unpaired) electrons. The number of ether oxygens (including phenoxy) is 2. The van der Waals surface area contributed by atoms with Gasteiger partial charge in [0.2, 0.25) is 0 Å². The van der Waals surface area contributed by atoms with Crippen molar-refractivity contribution in [2.24, 2.45) is 11.8 Å². The lowest BCUT2D eigenvalue weighted by molar-refractivity contribution is -0.147. The van der Waals surface area contributed by atoms with Crippen molar-refractivity contribution in [3.05, 3.63) is 35.9 Å². The molecule has 5 heteroatoms. The zero-order valence-corrected chi connectivity index (χ0v) is 13.4. The van der Waals surface area contributed by atoms with E-state index in [1.165, 1.54) is 0 Å². The zero-order chi connectivity index (χ0) is 15.4. The number of aliphatic hydroxyl groups excluding tert-OH is 1. The maximum atomic E-state index is 12.3. The van der Waals surface area contributed by atoms with E-state index >= 15 is 0 Å². The first kappa shape index (κ1) is 16.3. The summed E-state index contributed by atoms with van der Waals surface area (Å²) in [5.41, 5.74) is 0.469. The van der Waals surface area contributed by atoms with E-state index in [4.69, 9.17) is 9.47 Å². The number of thioether (sulfide) groups is 1. The van der Waals surface area contributed by atoms with Crippen LogP contribution < -0.4 is 0 Å². The van der Waals surface area contributed by atoms with E-state index in [9.17, 15) is 9.90 Å². The summed E-state index contributed by atoms with van der Waals surface area (Å²) in [4.78, 5) is 12.3. The van der Waals surface area contributed by atoms with E-state index in [1.54, 1.807) is 23.9 Å². The molecule has 0 bridgehead atoms. The first-order chi connectivity index (χ1) is 10.1. The van der Waals surface area contributed by atoms with Crippen molar-refractivity contribution in [1.29, 1.82) is 0 Å². The lowest BCUT2D eigenvalue weighted by atomic mass is 9.86. The Morgan fingerprint density at radius 2 is 1.95 bits per heavy atom. The first-order valence-corrected chi connectivity index (χ1v) is 8.42. The second-order valence-corrected chi connectivity index (χ2v) is 6.35. The molecule has 4 nitrogen and oxygen atoms in total. The fourth-order valence-corrected chi connectivity index (χ4v) is 3.56. The molecule has 0 aliphatic carbocycles. The predicted molar refractivity (Wildman–Crippen MR) is 83.2 cm³/mol. The zero-order valence-electron chi connectivity index (χ0n) is 12.6. The molecule has 21 heavy (non-hydrogen) atoms. The molecule has 0 saturated carbocycles. The molecule has 1 aromatic carbocycles. The van der Waals surface area contributed by atoms with Crippen molar-refractivity contribution in [3.8, 4) is 0 Å². The molecule has 2 unspecified atom stereocenters. The second kappa shape index (κ2) is 7.29. The van der Waals surface area contributed by atoms with Gasteiger partial charge >= 0.3 is 5.97 Å². The molecule has 0 spiro atoms. The van der Waals surface area contributed by atoms with E-state index in [0.717, 1.165) is 0 Å². The summed E-state index contributed by atoms with van der Waals surface area (Å²) in [6.45, 7) is 3.91. The van der Waals surface area contributed by atoms with Gasteiger partial charge in [0, 0.05) is 11.8 Å². The normalized spacial score (nSPS) is 32.7. The Balaban J connectivity index is 2.13. The largest absolute Gasteiger partial charge is 0.458 e. The smallest absolute Gasteiger partial charge is 0.338 e. The van der Waals surface area contributed by atoms with E-state index < -0.39 is 0 Å². The molecule has 0 amide bonds. The van der Waals surface area contributed by atoms with Gasteiger partial charge in [-0.1, -0.05) is 32.0 Å². The van der Waals surface area contributed by atoms with E-state index in [0.29, 0.717) is 5.56 Å². The van der Waals surface area contributed by atoms with Gasteiger partial charge in [-0.3, -0.25) is 0 Å². The maximum absolute atomic E-state index is 12.3. The fourth-order valence-electron chi connectivity index (χ4n) is 2.73. The quantitative estimate of drug-likeness (QED) is 0.866. The van der Waals surface area contributed by atoms with E-state index in [-0.39, 0.29) is 42.1 Å². The monoisotopic (exact) mass is 310 g/mol. The van der Waals surface area contributed by atoms with Gasteiger partial charge in [-0.15, -0.1) is 11.8 Å². The van der Waals surface area contributed by atoms with Crippen LogP contribution in [0.25, 0.3) is 0 Å². The Kier molecular flexibility index (Phi) is 5.67. The van der Waals surface area contributed by atoms with Crippen molar-refractivity contribution in [3.63, 3.8) is 0 Å². The van der Waals surface area contributed by atoms with Crippen molar-refractivity contribution < 1.29 is 19.4 Å². The molecule has 1 aliphatic rings. The van der Waals surface area contributed by atoms with Gasteiger partial charge in [-0.2, -0.15) is 0 Å². The Hall–Kier alpha value is -1.04. The Morgan fingerprint density at radius 1 is 1.29 bits per heavy atom. The Morgan fingerprint density at radius 3 is 2.52 bits per heavy atom. The van der Waals surface area contributed by atoms with Crippen molar-refractivity contribution >= 4 is 17.7 Å². The van der Waals surface area contributed by atoms with Crippen molar-refractivity contribution in [2.45, 2.75) is 31.5 Å². The highest BCUT2D eigenvalue weighted by Gasteiger charge is 2.43. The number of esters is 1. The second-order valence-electron chi connectivity index (χ2n) is 5.42.